The van der Waals surface area contributed by atoms with Crippen molar-refractivity contribution in [2.45, 2.75) is 39.3 Å². The summed E-state index contributed by atoms with van der Waals surface area (Å²) in [5.41, 5.74) is 7.79. The number of carbonyl (C=O) groups excluding carboxylic acids is 3. The normalized spacial score (nSPS) is 11.7. The van der Waals surface area contributed by atoms with Crippen molar-refractivity contribution in [3.63, 3.8) is 0 Å². The Morgan fingerprint density at radius 2 is 1.52 bits per heavy atom. The molecular formula is C21H24N2O4. The Morgan fingerprint density at radius 3 is 2.04 bits per heavy atom. The average Bonchev–Trinajstić information content (AvgIpc) is 2.61. The van der Waals surface area contributed by atoms with Gasteiger partial charge in [-0.05, 0) is 50.6 Å². The third kappa shape index (κ3) is 5.95. The van der Waals surface area contributed by atoms with Crippen LogP contribution in [0.25, 0.3) is 0 Å². The van der Waals surface area contributed by atoms with Gasteiger partial charge in [0.2, 0.25) is 5.91 Å². The van der Waals surface area contributed by atoms with Gasteiger partial charge in [-0.2, -0.15) is 0 Å². The van der Waals surface area contributed by atoms with Crippen molar-refractivity contribution in [2.24, 2.45) is 5.73 Å². The van der Waals surface area contributed by atoms with Crippen LogP contribution >= 0.6 is 0 Å². The fourth-order valence-electron chi connectivity index (χ4n) is 2.56. The Bertz CT molecular complexity index is 811. The van der Waals surface area contributed by atoms with E-state index >= 15 is 0 Å². The van der Waals surface area contributed by atoms with Crippen molar-refractivity contribution < 1.29 is 19.1 Å². The molecule has 6 heteroatoms. The molecule has 1 unspecified atom stereocenters. The Morgan fingerprint density at radius 1 is 0.963 bits per heavy atom. The number of esters is 1. The van der Waals surface area contributed by atoms with Crippen molar-refractivity contribution in [1.29, 1.82) is 0 Å². The second-order valence-corrected chi connectivity index (χ2v) is 6.62. The maximum absolute atomic E-state index is 12.6. The van der Waals surface area contributed by atoms with E-state index in [1.54, 1.807) is 13.8 Å². The SMILES string of the molecule is Cc1ccc(C(CC(=O)OC(C)C)NC(=O)c2ccc(C(N)=O)cc2)cc1. The third-order valence-electron chi connectivity index (χ3n) is 3.95. The number of hydrogen-bond acceptors (Lipinski definition) is 4. The monoisotopic (exact) mass is 368 g/mol. The molecule has 0 spiro atoms. The number of rotatable bonds is 7. The largest absolute Gasteiger partial charge is 0.463 e. The van der Waals surface area contributed by atoms with Gasteiger partial charge in [0.25, 0.3) is 5.91 Å². The lowest BCUT2D eigenvalue weighted by molar-refractivity contribution is -0.147. The summed E-state index contributed by atoms with van der Waals surface area (Å²) in [7, 11) is 0. The molecule has 2 aromatic carbocycles. The van der Waals surface area contributed by atoms with E-state index in [-0.39, 0.29) is 24.4 Å². The van der Waals surface area contributed by atoms with Crippen molar-refractivity contribution >= 4 is 17.8 Å². The second-order valence-electron chi connectivity index (χ2n) is 6.62. The van der Waals surface area contributed by atoms with E-state index in [9.17, 15) is 14.4 Å². The molecule has 0 aliphatic heterocycles. The van der Waals surface area contributed by atoms with E-state index in [0.29, 0.717) is 11.1 Å². The van der Waals surface area contributed by atoms with Crippen LogP contribution in [-0.4, -0.2) is 23.9 Å². The highest BCUT2D eigenvalue weighted by Crippen LogP contribution is 2.20. The van der Waals surface area contributed by atoms with Crippen LogP contribution < -0.4 is 11.1 Å². The van der Waals surface area contributed by atoms with Crippen LogP contribution in [0.15, 0.2) is 48.5 Å². The highest BCUT2D eigenvalue weighted by molar-refractivity contribution is 5.97. The topological polar surface area (TPSA) is 98.5 Å². The van der Waals surface area contributed by atoms with E-state index in [2.05, 4.69) is 5.32 Å². The van der Waals surface area contributed by atoms with Gasteiger partial charge in [0.05, 0.1) is 18.6 Å². The van der Waals surface area contributed by atoms with Crippen LogP contribution in [0.5, 0.6) is 0 Å². The zero-order valence-electron chi connectivity index (χ0n) is 15.7. The van der Waals surface area contributed by atoms with Crippen molar-refractivity contribution in [3.8, 4) is 0 Å². The first-order chi connectivity index (χ1) is 12.8. The van der Waals surface area contributed by atoms with Crippen LogP contribution in [0.2, 0.25) is 0 Å². The highest BCUT2D eigenvalue weighted by atomic mass is 16.5. The summed E-state index contributed by atoms with van der Waals surface area (Å²) in [6.07, 6.45) is -0.208. The van der Waals surface area contributed by atoms with Gasteiger partial charge in [0.15, 0.2) is 0 Å². The molecule has 3 N–H and O–H groups in total. The van der Waals surface area contributed by atoms with E-state index < -0.39 is 11.9 Å². The first-order valence-electron chi connectivity index (χ1n) is 8.73. The molecule has 0 saturated carbocycles. The van der Waals surface area contributed by atoms with Crippen molar-refractivity contribution in [1.82, 2.24) is 5.32 Å². The second kappa shape index (κ2) is 8.98. The van der Waals surface area contributed by atoms with E-state index in [1.165, 1.54) is 24.3 Å². The number of hydrogen-bond donors (Lipinski definition) is 2. The van der Waals surface area contributed by atoms with Gasteiger partial charge >= 0.3 is 5.97 Å². The fraction of sp³-hybridized carbons (Fsp3) is 0.286. The number of amides is 2. The molecule has 2 rings (SSSR count). The summed E-state index contributed by atoms with van der Waals surface area (Å²) in [5.74, 6) is -1.30. The zero-order valence-corrected chi connectivity index (χ0v) is 15.7. The minimum atomic E-state index is -0.559. The maximum Gasteiger partial charge on any atom is 0.308 e. The smallest absolute Gasteiger partial charge is 0.308 e. The quantitative estimate of drug-likeness (QED) is 0.734. The molecule has 2 amide bonds. The molecule has 2 aromatic rings. The Balaban J connectivity index is 2.19. The van der Waals surface area contributed by atoms with E-state index in [1.807, 2.05) is 31.2 Å². The molecule has 0 aliphatic carbocycles. The van der Waals surface area contributed by atoms with Gasteiger partial charge in [-0.3, -0.25) is 14.4 Å². The Hall–Kier alpha value is -3.15. The molecule has 1 atom stereocenters. The molecule has 6 nitrogen and oxygen atoms in total. The summed E-state index contributed by atoms with van der Waals surface area (Å²) in [4.78, 5) is 35.9. The first-order valence-corrected chi connectivity index (χ1v) is 8.73. The van der Waals surface area contributed by atoms with Crippen LogP contribution in [-0.2, 0) is 9.53 Å². The average molecular weight is 368 g/mol. The standard InChI is InChI=1S/C21H24N2O4/c1-13(2)27-19(24)12-18(15-6-4-14(3)5-7-15)23-21(26)17-10-8-16(9-11-17)20(22)25/h4-11,13,18H,12H2,1-3H3,(H2,22,25)(H,23,26). The van der Waals surface area contributed by atoms with Crippen molar-refractivity contribution in [3.05, 3.63) is 70.8 Å². The van der Waals surface area contributed by atoms with Gasteiger partial charge in [-0.1, -0.05) is 29.8 Å². The lowest BCUT2D eigenvalue weighted by Gasteiger charge is -2.20. The van der Waals surface area contributed by atoms with Gasteiger partial charge in [0, 0.05) is 11.1 Å². The lowest BCUT2D eigenvalue weighted by atomic mass is 10.0. The van der Waals surface area contributed by atoms with Gasteiger partial charge in [-0.25, -0.2) is 0 Å². The summed E-state index contributed by atoms with van der Waals surface area (Å²) >= 11 is 0. The predicted octanol–water partition coefficient (Wildman–Crippen LogP) is 2.91. The number of carbonyl (C=O) groups is 3. The summed E-state index contributed by atoms with van der Waals surface area (Å²) in [6.45, 7) is 5.51. The van der Waals surface area contributed by atoms with Gasteiger partial charge in [0.1, 0.15) is 0 Å². The molecule has 0 bridgehead atoms. The van der Waals surface area contributed by atoms with Gasteiger partial charge < -0.3 is 15.8 Å². The van der Waals surface area contributed by atoms with E-state index in [0.717, 1.165) is 11.1 Å². The first kappa shape index (κ1) is 20.2. The van der Waals surface area contributed by atoms with Crippen LogP contribution in [0.3, 0.4) is 0 Å². The number of nitrogens with one attached hydrogen (secondary N) is 1. The molecule has 0 aromatic heterocycles. The van der Waals surface area contributed by atoms with Gasteiger partial charge in [-0.15, -0.1) is 0 Å². The van der Waals surface area contributed by atoms with Crippen LogP contribution in [0.4, 0.5) is 0 Å². The fourth-order valence-corrected chi connectivity index (χ4v) is 2.56. The number of primary amides is 1. The molecule has 27 heavy (non-hydrogen) atoms. The number of ether oxygens (including phenoxy) is 1. The molecule has 142 valence electrons. The third-order valence-corrected chi connectivity index (χ3v) is 3.95. The zero-order chi connectivity index (χ0) is 20.0. The maximum atomic E-state index is 12.6. The molecule has 0 aliphatic rings. The number of nitrogens with two attached hydrogens (primary N) is 1. The van der Waals surface area contributed by atoms with Crippen LogP contribution in [0.1, 0.15) is 58.2 Å². The Kier molecular flexibility index (Phi) is 6.71. The number of benzene rings is 2. The Labute approximate surface area is 158 Å². The lowest BCUT2D eigenvalue weighted by Crippen LogP contribution is -2.31. The minimum absolute atomic E-state index is 0.0202. The summed E-state index contributed by atoms with van der Waals surface area (Å²) < 4.78 is 5.21. The molecule has 0 radical (unpaired) electrons. The van der Waals surface area contributed by atoms with E-state index in [4.69, 9.17) is 10.5 Å². The van der Waals surface area contributed by atoms with Crippen molar-refractivity contribution in [2.75, 3.05) is 0 Å². The minimum Gasteiger partial charge on any atom is -0.463 e. The number of aryl methyl sites for hydroxylation is 1. The molecular weight excluding hydrogens is 344 g/mol. The molecule has 0 heterocycles. The molecule has 0 saturated heterocycles. The summed E-state index contributed by atoms with van der Waals surface area (Å²) in [6, 6.07) is 13.1. The summed E-state index contributed by atoms with van der Waals surface area (Å²) in [5, 5.41) is 2.87. The highest BCUT2D eigenvalue weighted by Gasteiger charge is 2.21. The predicted molar refractivity (Wildman–Crippen MR) is 102 cm³/mol. The van der Waals surface area contributed by atoms with Crippen LogP contribution in [0, 0.1) is 6.92 Å². The molecule has 0 fully saturated rings.